The van der Waals surface area contributed by atoms with Gasteiger partial charge in [-0.3, -0.25) is 4.79 Å². The van der Waals surface area contributed by atoms with Crippen molar-refractivity contribution in [2.24, 2.45) is 0 Å². The lowest BCUT2D eigenvalue weighted by molar-refractivity contribution is -0.137. The molecule has 1 N–H and O–H groups in total. The van der Waals surface area contributed by atoms with E-state index in [0.717, 1.165) is 6.07 Å². The number of aromatic nitrogens is 2. The van der Waals surface area contributed by atoms with Gasteiger partial charge in [0.25, 0.3) is 5.56 Å². The Bertz CT molecular complexity index is 705. The number of nitrogens with zero attached hydrogens (tertiary/aromatic N) is 1. The average Bonchev–Trinajstić information content (AvgIpc) is 2.43. The van der Waals surface area contributed by atoms with E-state index in [1.807, 2.05) is 0 Å². The minimum absolute atomic E-state index is 0.0745. The molecule has 0 atom stereocenters. The molecule has 0 fully saturated rings. The molecule has 21 heavy (non-hydrogen) atoms. The third kappa shape index (κ3) is 3.59. The molecule has 1 aromatic heterocycles. The summed E-state index contributed by atoms with van der Waals surface area (Å²) in [6.07, 6.45) is -1.80. The van der Waals surface area contributed by atoms with Crippen LogP contribution in [0.2, 0.25) is 0 Å². The van der Waals surface area contributed by atoms with Gasteiger partial charge in [-0.25, -0.2) is 4.98 Å². The second-order valence-electron chi connectivity index (χ2n) is 4.46. The maximum atomic E-state index is 13.0. The van der Waals surface area contributed by atoms with Crippen molar-refractivity contribution < 1.29 is 13.2 Å². The first-order valence-electron chi connectivity index (χ1n) is 6.29. The van der Waals surface area contributed by atoms with E-state index in [9.17, 15) is 18.0 Å². The number of H-pyrrole nitrogens is 1. The van der Waals surface area contributed by atoms with Crippen molar-refractivity contribution in [1.82, 2.24) is 9.97 Å². The molecule has 0 saturated heterocycles. The Hall–Kier alpha value is -2.37. The first-order chi connectivity index (χ1) is 9.91. The van der Waals surface area contributed by atoms with E-state index in [-0.39, 0.29) is 11.4 Å². The Labute approximate surface area is 119 Å². The Morgan fingerprint density at radius 1 is 1.29 bits per heavy atom. The van der Waals surface area contributed by atoms with Crippen LogP contribution in [0.3, 0.4) is 0 Å². The van der Waals surface area contributed by atoms with Crippen molar-refractivity contribution >= 4 is 0 Å². The molecule has 1 aromatic carbocycles. The molecule has 110 valence electrons. The molecule has 0 unspecified atom stereocenters. The van der Waals surface area contributed by atoms with Crippen molar-refractivity contribution in [3.8, 4) is 11.4 Å². The first-order valence-corrected chi connectivity index (χ1v) is 6.29. The maximum Gasteiger partial charge on any atom is 0.417 e. The fourth-order valence-electron chi connectivity index (χ4n) is 1.95. The van der Waals surface area contributed by atoms with Gasteiger partial charge >= 0.3 is 6.18 Å². The number of rotatable bonds is 4. The fraction of sp³-hybridized carbons (Fsp3) is 0.200. The quantitative estimate of drug-likeness (QED) is 0.876. The number of halogens is 3. The van der Waals surface area contributed by atoms with Gasteiger partial charge in [0.2, 0.25) is 0 Å². The molecule has 2 rings (SSSR count). The van der Waals surface area contributed by atoms with E-state index in [0.29, 0.717) is 18.5 Å². The third-order valence-electron chi connectivity index (χ3n) is 2.89. The minimum Gasteiger partial charge on any atom is -0.307 e. The highest BCUT2D eigenvalue weighted by Gasteiger charge is 2.33. The molecule has 0 radical (unpaired) electrons. The third-order valence-corrected chi connectivity index (χ3v) is 2.89. The average molecular weight is 294 g/mol. The van der Waals surface area contributed by atoms with Crippen LogP contribution in [0, 0.1) is 0 Å². The fourth-order valence-corrected chi connectivity index (χ4v) is 1.95. The van der Waals surface area contributed by atoms with Crippen LogP contribution >= 0.6 is 0 Å². The summed E-state index contributed by atoms with van der Waals surface area (Å²) >= 11 is 0. The number of allylic oxidation sites excluding steroid dienone is 1. The zero-order valence-corrected chi connectivity index (χ0v) is 11.1. The summed E-state index contributed by atoms with van der Waals surface area (Å²) < 4.78 is 39.0. The van der Waals surface area contributed by atoms with Gasteiger partial charge < -0.3 is 4.98 Å². The lowest BCUT2D eigenvalue weighted by Crippen LogP contribution is -2.13. The van der Waals surface area contributed by atoms with E-state index >= 15 is 0 Å². The largest absolute Gasteiger partial charge is 0.417 e. The highest BCUT2D eigenvalue weighted by atomic mass is 19.4. The second kappa shape index (κ2) is 5.95. The van der Waals surface area contributed by atoms with E-state index in [4.69, 9.17) is 0 Å². The van der Waals surface area contributed by atoms with Gasteiger partial charge in [-0.2, -0.15) is 13.2 Å². The number of benzene rings is 1. The Balaban J connectivity index is 2.54. The summed E-state index contributed by atoms with van der Waals surface area (Å²) in [5, 5.41) is 0. The van der Waals surface area contributed by atoms with Crippen molar-refractivity contribution in [2.45, 2.75) is 19.0 Å². The molecule has 1 heterocycles. The molecule has 0 bridgehead atoms. The zero-order valence-electron chi connectivity index (χ0n) is 11.1. The highest BCUT2D eigenvalue weighted by Crippen LogP contribution is 2.35. The van der Waals surface area contributed by atoms with Gasteiger partial charge in [-0.1, -0.05) is 24.3 Å². The Kier molecular flexibility index (Phi) is 4.26. The Morgan fingerprint density at radius 2 is 2.00 bits per heavy atom. The van der Waals surface area contributed by atoms with Gasteiger partial charge in [-0.15, -0.1) is 6.58 Å². The summed E-state index contributed by atoms with van der Waals surface area (Å²) in [4.78, 5) is 18.1. The highest BCUT2D eigenvalue weighted by molar-refractivity contribution is 5.61. The lowest BCUT2D eigenvalue weighted by Gasteiger charge is -2.12. The van der Waals surface area contributed by atoms with E-state index in [1.54, 1.807) is 6.08 Å². The van der Waals surface area contributed by atoms with E-state index < -0.39 is 17.3 Å². The van der Waals surface area contributed by atoms with Crippen LogP contribution in [-0.2, 0) is 12.6 Å². The SMILES string of the molecule is C=CCCc1cc(=O)[nH]c(-c2ccccc2C(F)(F)F)n1. The van der Waals surface area contributed by atoms with Gasteiger partial charge in [0.15, 0.2) is 0 Å². The van der Waals surface area contributed by atoms with Gasteiger partial charge in [0.1, 0.15) is 5.82 Å². The van der Waals surface area contributed by atoms with E-state index in [1.165, 1.54) is 24.3 Å². The summed E-state index contributed by atoms with van der Waals surface area (Å²) in [7, 11) is 0. The molecule has 0 aliphatic rings. The van der Waals surface area contributed by atoms with Crippen LogP contribution < -0.4 is 5.56 Å². The molecule has 0 aliphatic heterocycles. The predicted octanol–water partition coefficient (Wildman–Crippen LogP) is 3.57. The molecule has 0 spiro atoms. The van der Waals surface area contributed by atoms with Crippen molar-refractivity contribution in [3.05, 3.63) is 64.6 Å². The molecule has 0 amide bonds. The summed E-state index contributed by atoms with van der Waals surface area (Å²) in [6, 6.07) is 6.31. The van der Waals surface area contributed by atoms with Crippen LogP contribution in [0.25, 0.3) is 11.4 Å². The van der Waals surface area contributed by atoms with Crippen molar-refractivity contribution in [3.63, 3.8) is 0 Å². The van der Waals surface area contributed by atoms with Crippen LogP contribution in [0.4, 0.5) is 13.2 Å². The van der Waals surface area contributed by atoms with Crippen LogP contribution in [-0.4, -0.2) is 9.97 Å². The normalized spacial score (nSPS) is 11.4. The standard InChI is InChI=1S/C15H13F3N2O/c1-2-3-6-10-9-13(21)20-14(19-10)11-7-4-5-8-12(11)15(16,17)18/h2,4-5,7-9H,1,3,6H2,(H,19,20,21). The van der Waals surface area contributed by atoms with Crippen LogP contribution in [0.15, 0.2) is 47.8 Å². The number of aromatic amines is 1. The lowest BCUT2D eigenvalue weighted by atomic mass is 10.1. The summed E-state index contributed by atoms with van der Waals surface area (Å²) in [6.45, 7) is 3.56. The number of hydrogen-bond donors (Lipinski definition) is 1. The second-order valence-corrected chi connectivity index (χ2v) is 4.46. The van der Waals surface area contributed by atoms with Gasteiger partial charge in [0, 0.05) is 17.3 Å². The first kappa shape index (κ1) is 15.0. The van der Waals surface area contributed by atoms with E-state index in [2.05, 4.69) is 16.5 Å². The number of hydrogen-bond acceptors (Lipinski definition) is 2. The zero-order chi connectivity index (χ0) is 15.5. The molecule has 2 aromatic rings. The van der Waals surface area contributed by atoms with Crippen molar-refractivity contribution in [1.29, 1.82) is 0 Å². The van der Waals surface area contributed by atoms with Gasteiger partial charge in [-0.05, 0) is 18.9 Å². The van der Waals surface area contributed by atoms with Crippen LogP contribution in [0.5, 0.6) is 0 Å². The molecule has 0 aliphatic carbocycles. The molecule has 6 heteroatoms. The number of aryl methyl sites for hydroxylation is 1. The summed E-state index contributed by atoms with van der Waals surface area (Å²) in [5.74, 6) is -0.0745. The van der Waals surface area contributed by atoms with Crippen LogP contribution in [0.1, 0.15) is 17.7 Å². The topological polar surface area (TPSA) is 45.8 Å². The number of alkyl halides is 3. The Morgan fingerprint density at radius 3 is 2.67 bits per heavy atom. The predicted molar refractivity (Wildman–Crippen MR) is 73.8 cm³/mol. The monoisotopic (exact) mass is 294 g/mol. The molecule has 0 saturated carbocycles. The summed E-state index contributed by atoms with van der Waals surface area (Å²) in [5.41, 5.74) is -1.00. The van der Waals surface area contributed by atoms with Crippen molar-refractivity contribution in [2.75, 3.05) is 0 Å². The number of nitrogens with one attached hydrogen (secondary N) is 1. The molecular formula is C15H13F3N2O. The van der Waals surface area contributed by atoms with Gasteiger partial charge in [0.05, 0.1) is 5.56 Å². The smallest absolute Gasteiger partial charge is 0.307 e. The minimum atomic E-state index is -4.51. The maximum absolute atomic E-state index is 13.0. The molecular weight excluding hydrogens is 281 g/mol. The molecule has 3 nitrogen and oxygen atoms in total.